The van der Waals surface area contributed by atoms with E-state index in [1.807, 2.05) is 12.3 Å². The second kappa shape index (κ2) is 3.61. The quantitative estimate of drug-likeness (QED) is 0.801. The molecule has 1 N–H and O–H groups in total. The van der Waals surface area contributed by atoms with Crippen molar-refractivity contribution in [1.82, 2.24) is 14.7 Å². The van der Waals surface area contributed by atoms with Crippen molar-refractivity contribution in [2.45, 2.75) is 12.3 Å². The third-order valence-electron chi connectivity index (χ3n) is 2.96. The zero-order valence-electron chi connectivity index (χ0n) is 8.28. The number of fused-ring (bicyclic) bond motifs is 1. The number of hydrogen-bond acceptors (Lipinski definition) is 2. The molecule has 1 atom stereocenters. The van der Waals surface area contributed by atoms with Gasteiger partial charge in [-0.1, -0.05) is 6.07 Å². The Hall–Kier alpha value is -0.870. The Morgan fingerprint density at radius 1 is 1.47 bits per heavy atom. The van der Waals surface area contributed by atoms with Crippen LogP contribution < -0.4 is 5.32 Å². The number of hydrogen-bond donors (Lipinski definition) is 1. The molecule has 1 unspecified atom stereocenters. The molecule has 3 rings (SSSR count). The van der Waals surface area contributed by atoms with E-state index in [1.165, 1.54) is 12.2 Å². The van der Waals surface area contributed by atoms with Crippen LogP contribution in [0.15, 0.2) is 29.0 Å². The molecule has 0 radical (unpaired) electrons. The lowest BCUT2D eigenvalue weighted by atomic mass is 10.1. The fraction of sp³-hybridized carbons (Fsp3) is 0.364. The smallest absolute Gasteiger partial charge is 0.118 e. The first kappa shape index (κ1) is 9.36. The van der Waals surface area contributed by atoms with E-state index in [-0.39, 0.29) is 0 Å². The summed E-state index contributed by atoms with van der Waals surface area (Å²) in [5, 5.41) is 3.38. The van der Waals surface area contributed by atoms with Crippen LogP contribution in [0.5, 0.6) is 0 Å². The van der Waals surface area contributed by atoms with Gasteiger partial charge in [0.1, 0.15) is 5.82 Å². The Balaban J connectivity index is 2.18. The van der Waals surface area contributed by atoms with E-state index in [9.17, 15) is 0 Å². The fourth-order valence-corrected chi connectivity index (χ4v) is 2.73. The van der Waals surface area contributed by atoms with Crippen LogP contribution in [-0.4, -0.2) is 22.5 Å². The minimum Gasteiger partial charge on any atom is -0.316 e. The van der Waals surface area contributed by atoms with Gasteiger partial charge in [0, 0.05) is 12.5 Å². The Morgan fingerprint density at radius 3 is 3.20 bits per heavy atom. The largest absolute Gasteiger partial charge is 0.316 e. The zero-order valence-corrected chi connectivity index (χ0v) is 9.87. The van der Waals surface area contributed by atoms with Crippen LogP contribution in [-0.2, 0) is 0 Å². The van der Waals surface area contributed by atoms with Gasteiger partial charge in [-0.15, -0.1) is 0 Å². The van der Waals surface area contributed by atoms with E-state index in [2.05, 4.69) is 42.8 Å². The molecule has 1 fully saturated rings. The predicted octanol–water partition coefficient (Wildman–Crippen LogP) is 2.17. The maximum Gasteiger partial charge on any atom is 0.118 e. The van der Waals surface area contributed by atoms with E-state index >= 15 is 0 Å². The average molecular weight is 266 g/mol. The number of nitrogens with one attached hydrogen (secondary N) is 1. The van der Waals surface area contributed by atoms with Gasteiger partial charge < -0.3 is 5.32 Å². The molecule has 15 heavy (non-hydrogen) atoms. The van der Waals surface area contributed by atoms with Gasteiger partial charge in [0.15, 0.2) is 0 Å². The van der Waals surface area contributed by atoms with Crippen LogP contribution in [0.1, 0.15) is 18.2 Å². The molecule has 0 saturated carbocycles. The summed E-state index contributed by atoms with van der Waals surface area (Å²) in [5.74, 6) is 1.72. The van der Waals surface area contributed by atoms with Crippen molar-refractivity contribution in [3.8, 4) is 0 Å². The van der Waals surface area contributed by atoms with Crippen molar-refractivity contribution < 1.29 is 0 Å². The van der Waals surface area contributed by atoms with E-state index in [4.69, 9.17) is 0 Å². The first-order chi connectivity index (χ1) is 7.36. The molecule has 0 amide bonds. The topological polar surface area (TPSA) is 29.3 Å². The second-order valence-electron chi connectivity index (χ2n) is 3.91. The summed E-state index contributed by atoms with van der Waals surface area (Å²) in [5.41, 5.74) is 1.16. The number of pyridine rings is 1. The first-order valence-electron chi connectivity index (χ1n) is 5.19. The Labute approximate surface area is 96.6 Å². The molecular formula is C11H12BrN3. The third-order valence-corrected chi connectivity index (χ3v) is 3.58. The van der Waals surface area contributed by atoms with Crippen LogP contribution in [0.2, 0.25) is 0 Å². The lowest BCUT2D eigenvalue weighted by Gasteiger charge is -2.08. The van der Waals surface area contributed by atoms with Crippen molar-refractivity contribution in [3.63, 3.8) is 0 Å². The van der Waals surface area contributed by atoms with Gasteiger partial charge >= 0.3 is 0 Å². The zero-order chi connectivity index (χ0) is 10.3. The highest BCUT2D eigenvalue weighted by atomic mass is 79.9. The molecule has 4 heteroatoms. The SMILES string of the molecule is Brc1cccc2cnc(C3CCNC3)n12. The van der Waals surface area contributed by atoms with Gasteiger partial charge in [-0.3, -0.25) is 4.40 Å². The van der Waals surface area contributed by atoms with Crippen LogP contribution in [0.4, 0.5) is 0 Å². The number of imidazole rings is 1. The number of halogens is 1. The maximum atomic E-state index is 4.53. The number of aromatic nitrogens is 2. The van der Waals surface area contributed by atoms with Crippen LogP contribution in [0.25, 0.3) is 5.52 Å². The molecule has 3 heterocycles. The van der Waals surface area contributed by atoms with Crippen LogP contribution in [0.3, 0.4) is 0 Å². The summed E-state index contributed by atoms with van der Waals surface area (Å²) in [4.78, 5) is 4.53. The van der Waals surface area contributed by atoms with Crippen molar-refractivity contribution >= 4 is 21.4 Å². The highest BCUT2D eigenvalue weighted by Crippen LogP contribution is 2.25. The molecule has 0 spiro atoms. The summed E-state index contributed by atoms with van der Waals surface area (Å²) in [7, 11) is 0. The molecular weight excluding hydrogens is 254 g/mol. The molecule has 1 saturated heterocycles. The monoisotopic (exact) mass is 265 g/mol. The van der Waals surface area contributed by atoms with Gasteiger partial charge in [0.2, 0.25) is 0 Å². The van der Waals surface area contributed by atoms with Crippen molar-refractivity contribution in [1.29, 1.82) is 0 Å². The maximum absolute atomic E-state index is 4.53. The molecule has 1 aliphatic heterocycles. The molecule has 0 aliphatic carbocycles. The van der Waals surface area contributed by atoms with Crippen molar-refractivity contribution in [2.24, 2.45) is 0 Å². The summed E-state index contributed by atoms with van der Waals surface area (Å²) < 4.78 is 3.27. The highest BCUT2D eigenvalue weighted by Gasteiger charge is 2.21. The Kier molecular flexibility index (Phi) is 2.25. The number of nitrogens with zero attached hydrogens (tertiary/aromatic N) is 2. The Morgan fingerprint density at radius 2 is 2.40 bits per heavy atom. The highest BCUT2D eigenvalue weighted by molar-refractivity contribution is 9.10. The minimum atomic E-state index is 0.547. The summed E-state index contributed by atoms with van der Waals surface area (Å²) >= 11 is 3.58. The molecule has 0 bridgehead atoms. The molecule has 0 aromatic carbocycles. The Bertz CT molecular complexity index is 486. The lowest BCUT2D eigenvalue weighted by Crippen LogP contribution is -2.10. The predicted molar refractivity (Wildman–Crippen MR) is 63.1 cm³/mol. The van der Waals surface area contributed by atoms with Gasteiger partial charge in [-0.2, -0.15) is 0 Å². The standard InChI is InChI=1S/C11H12BrN3/c12-10-3-1-2-9-7-14-11(15(9)10)8-4-5-13-6-8/h1-3,7-8,13H,4-6H2. The van der Waals surface area contributed by atoms with Crippen molar-refractivity contribution in [2.75, 3.05) is 13.1 Å². The van der Waals surface area contributed by atoms with Crippen LogP contribution in [0, 0.1) is 0 Å². The molecule has 2 aromatic heterocycles. The van der Waals surface area contributed by atoms with Crippen molar-refractivity contribution in [3.05, 3.63) is 34.8 Å². The van der Waals surface area contributed by atoms with Gasteiger partial charge in [0.25, 0.3) is 0 Å². The molecule has 78 valence electrons. The van der Waals surface area contributed by atoms with E-state index in [0.29, 0.717) is 5.92 Å². The minimum absolute atomic E-state index is 0.547. The average Bonchev–Trinajstić information content (AvgIpc) is 2.85. The van der Waals surface area contributed by atoms with Gasteiger partial charge in [-0.25, -0.2) is 4.98 Å². The molecule has 3 nitrogen and oxygen atoms in total. The van der Waals surface area contributed by atoms with Gasteiger partial charge in [0.05, 0.1) is 16.3 Å². The number of rotatable bonds is 1. The first-order valence-corrected chi connectivity index (χ1v) is 5.98. The summed E-state index contributed by atoms with van der Waals surface area (Å²) in [6.07, 6.45) is 3.12. The normalized spacial score (nSPS) is 21.3. The second-order valence-corrected chi connectivity index (χ2v) is 4.73. The molecule has 2 aromatic rings. The third kappa shape index (κ3) is 1.48. The summed E-state index contributed by atoms with van der Waals surface area (Å²) in [6.45, 7) is 2.14. The van der Waals surface area contributed by atoms with E-state index < -0.39 is 0 Å². The fourth-order valence-electron chi connectivity index (χ4n) is 2.19. The molecule has 1 aliphatic rings. The van der Waals surface area contributed by atoms with E-state index in [0.717, 1.165) is 23.2 Å². The lowest BCUT2D eigenvalue weighted by molar-refractivity contribution is 0.695. The summed E-state index contributed by atoms with van der Waals surface area (Å²) in [6, 6.07) is 6.18. The van der Waals surface area contributed by atoms with Gasteiger partial charge in [-0.05, 0) is 41.0 Å². The van der Waals surface area contributed by atoms with E-state index in [1.54, 1.807) is 0 Å². The van der Waals surface area contributed by atoms with Crippen LogP contribution >= 0.6 is 15.9 Å².